The smallest absolute Gasteiger partial charge is 0.252 e. The molecule has 0 saturated carbocycles. The minimum absolute atomic E-state index is 0.161. The molecule has 3 aromatic heterocycles. The Morgan fingerprint density at radius 2 is 0.909 bits per heavy atom. The van der Waals surface area contributed by atoms with Gasteiger partial charge in [-0.3, -0.25) is 0 Å². The average Bonchev–Trinajstić information content (AvgIpc) is 0.675. The Hall–Kier alpha value is -11.4. The molecule has 0 unspecified atom stereocenters. The van der Waals surface area contributed by atoms with E-state index in [9.17, 15) is 0 Å². The summed E-state index contributed by atoms with van der Waals surface area (Å²) in [4.78, 5) is 10.3. The largest absolute Gasteiger partial charge is 0.454 e. The van der Waals surface area contributed by atoms with E-state index >= 15 is 0 Å². The van der Waals surface area contributed by atoms with Gasteiger partial charge < -0.3 is 33.2 Å². The second-order valence-corrected chi connectivity index (χ2v) is 23.9. The Balaban J connectivity index is 0.964. The van der Waals surface area contributed by atoms with Crippen molar-refractivity contribution in [3.8, 4) is 11.4 Å². The first-order valence-corrected chi connectivity index (χ1v) is 30.5. The standard InChI is InChI=1S/C79H50B2N6O/c1-3-22-48(23-4-2)82-69-45-52(85-65-36-18-13-30-55(65)56-31-14-19-37-66(56)85)41-43-60(69)81-62-46-58-57-32-15-20-39-72(57)88-79(58)78-76(62)87-75-61(33-21-38-67(75)86(78)50-26-9-6-10-27-50)80-59-42-40-51(84-63-34-16-11-28-53(63)54-29-12-17-35-64(54)84)44-68(59)83(49-24-7-5-8-25-49)70-47-71(82)74(81)77(87)73(70)80/h3-47H,1H2,2H3/b23-4-,48-22+. The molecule has 0 amide bonds. The summed E-state index contributed by atoms with van der Waals surface area (Å²) in [5.74, 6) is 0. The van der Waals surface area contributed by atoms with Crippen molar-refractivity contribution in [2.75, 3.05) is 19.6 Å². The van der Waals surface area contributed by atoms with Crippen LogP contribution >= 0.6 is 0 Å². The topological polar surface area (TPSA) is 36.0 Å². The van der Waals surface area contributed by atoms with Crippen LogP contribution in [-0.4, -0.2) is 22.6 Å². The van der Waals surface area contributed by atoms with Crippen LogP contribution < -0.4 is 52.4 Å². The van der Waals surface area contributed by atoms with Crippen molar-refractivity contribution in [2.24, 2.45) is 0 Å². The van der Waals surface area contributed by atoms with Crippen LogP contribution in [0.5, 0.6) is 0 Å². The van der Waals surface area contributed by atoms with Crippen molar-refractivity contribution >= 4 is 174 Å². The Labute approximate surface area is 508 Å². The number of para-hydroxylation sites is 8. The minimum Gasteiger partial charge on any atom is -0.454 e. The Morgan fingerprint density at radius 3 is 1.52 bits per heavy atom. The molecule has 9 heteroatoms. The first kappa shape index (κ1) is 47.9. The van der Waals surface area contributed by atoms with Crippen molar-refractivity contribution in [1.29, 1.82) is 0 Å². The van der Waals surface area contributed by atoms with Crippen LogP contribution in [0.15, 0.2) is 290 Å². The van der Waals surface area contributed by atoms with Crippen LogP contribution in [0.25, 0.3) is 76.9 Å². The predicted molar refractivity (Wildman–Crippen MR) is 371 cm³/mol. The lowest BCUT2D eigenvalue weighted by molar-refractivity contribution is 0.669. The highest BCUT2D eigenvalue weighted by Crippen LogP contribution is 2.60. The third-order valence-electron chi connectivity index (χ3n) is 19.6. The molecule has 0 aliphatic carbocycles. The Kier molecular flexibility index (Phi) is 9.58. The van der Waals surface area contributed by atoms with Gasteiger partial charge in [-0.1, -0.05) is 176 Å². The summed E-state index contributed by atoms with van der Waals surface area (Å²) in [5, 5.41) is 7.11. The SMILES string of the molecule is C=C/C=C(\C=C/C)N1c2cc(-n3c4ccccc4c4ccccc43)ccc2B2c3cc4c(oc5ccccc54)c4c3N3c5c(cccc5N4c4ccccc4)B4c5ccc(-n6c7ccccc7c7ccccc76)cc5N(c5ccccc5)c5cc1c2c3c54. The summed E-state index contributed by atoms with van der Waals surface area (Å²) in [6.07, 6.45) is 8.54. The number of furan rings is 1. The lowest BCUT2D eigenvalue weighted by Gasteiger charge is -2.54. The molecule has 7 nitrogen and oxygen atoms in total. The molecule has 20 rings (SSSR count). The molecule has 0 radical (unpaired) electrons. The van der Waals surface area contributed by atoms with E-state index in [4.69, 9.17) is 4.42 Å². The Morgan fingerprint density at radius 1 is 0.375 bits per heavy atom. The highest BCUT2D eigenvalue weighted by atomic mass is 16.3. The van der Waals surface area contributed by atoms with Gasteiger partial charge in [0, 0.05) is 89.2 Å². The Bertz CT molecular complexity index is 5570. The van der Waals surface area contributed by atoms with E-state index in [0.29, 0.717) is 0 Å². The zero-order chi connectivity index (χ0) is 57.6. The minimum atomic E-state index is -0.221. The first-order chi connectivity index (χ1) is 43.6. The first-order valence-electron chi connectivity index (χ1n) is 30.5. The number of allylic oxidation sites excluding steroid dienone is 4. The molecule has 0 spiro atoms. The second kappa shape index (κ2) is 17.6. The van der Waals surface area contributed by atoms with Gasteiger partial charge in [-0.25, -0.2) is 0 Å². The average molecular weight is 1120 g/mol. The highest BCUT2D eigenvalue weighted by Gasteiger charge is 2.55. The zero-order valence-corrected chi connectivity index (χ0v) is 47.9. The maximum absolute atomic E-state index is 7.31. The van der Waals surface area contributed by atoms with Gasteiger partial charge in [-0.15, -0.1) is 0 Å². The van der Waals surface area contributed by atoms with E-state index < -0.39 is 0 Å². The van der Waals surface area contributed by atoms with Crippen molar-refractivity contribution in [2.45, 2.75) is 6.92 Å². The maximum atomic E-state index is 7.31. The monoisotopic (exact) mass is 1120 g/mol. The van der Waals surface area contributed by atoms with Gasteiger partial charge in [-0.05, 0) is 143 Å². The maximum Gasteiger partial charge on any atom is 0.252 e. The van der Waals surface area contributed by atoms with Crippen LogP contribution in [0.3, 0.4) is 0 Å². The summed E-state index contributed by atoms with van der Waals surface area (Å²) in [6.45, 7) is 6.14. The summed E-state index contributed by atoms with van der Waals surface area (Å²) < 4.78 is 12.2. The fourth-order valence-electron chi connectivity index (χ4n) is 16.3. The van der Waals surface area contributed by atoms with E-state index in [1.807, 2.05) is 6.08 Å². The fourth-order valence-corrected chi connectivity index (χ4v) is 16.3. The van der Waals surface area contributed by atoms with Crippen LogP contribution in [0.1, 0.15) is 6.92 Å². The number of hydrogen-bond donors (Lipinski definition) is 0. The molecule has 5 aliphatic rings. The van der Waals surface area contributed by atoms with E-state index in [1.54, 1.807) is 0 Å². The molecule has 12 aromatic carbocycles. The third-order valence-corrected chi connectivity index (χ3v) is 19.6. The number of anilines is 11. The molecular formula is C79H50B2N6O. The third kappa shape index (κ3) is 6.09. The van der Waals surface area contributed by atoms with Gasteiger partial charge in [0.15, 0.2) is 5.58 Å². The summed E-state index contributed by atoms with van der Waals surface area (Å²) >= 11 is 0. The van der Waals surface area contributed by atoms with E-state index in [0.717, 1.165) is 90.2 Å². The van der Waals surface area contributed by atoms with E-state index in [1.165, 1.54) is 87.8 Å². The van der Waals surface area contributed by atoms with Gasteiger partial charge >= 0.3 is 0 Å². The van der Waals surface area contributed by atoms with Gasteiger partial charge in [0.2, 0.25) is 0 Å². The van der Waals surface area contributed by atoms with Crippen molar-refractivity contribution in [3.05, 3.63) is 285 Å². The number of fused-ring (bicyclic) bond motifs is 16. The molecule has 0 fully saturated rings. The van der Waals surface area contributed by atoms with Crippen LogP contribution in [0, 0.1) is 0 Å². The summed E-state index contributed by atoms with van der Waals surface area (Å²) in [5.41, 5.74) is 29.5. The fraction of sp³-hybridized carbons (Fsp3) is 0.0127. The van der Waals surface area contributed by atoms with Gasteiger partial charge in [0.05, 0.1) is 39.1 Å². The van der Waals surface area contributed by atoms with Crippen molar-refractivity contribution in [3.63, 3.8) is 0 Å². The lowest BCUT2D eigenvalue weighted by atomic mass is 9.28. The van der Waals surface area contributed by atoms with Gasteiger partial charge in [0.1, 0.15) is 11.3 Å². The quantitative estimate of drug-likeness (QED) is 0.117. The number of rotatable bonds is 7. The molecule has 0 saturated heterocycles. The molecule has 0 atom stereocenters. The number of benzene rings is 12. The number of hydrogen-bond acceptors (Lipinski definition) is 5. The molecule has 8 heterocycles. The molecule has 0 bridgehead atoms. The molecule has 0 N–H and O–H groups in total. The van der Waals surface area contributed by atoms with E-state index in [-0.39, 0.29) is 13.4 Å². The van der Waals surface area contributed by atoms with E-state index in [2.05, 4.69) is 309 Å². The van der Waals surface area contributed by atoms with Crippen LogP contribution in [0.4, 0.5) is 62.6 Å². The molecule has 408 valence electrons. The predicted octanol–water partition coefficient (Wildman–Crippen LogP) is 16.6. The lowest BCUT2D eigenvalue weighted by Crippen LogP contribution is -2.69. The van der Waals surface area contributed by atoms with Crippen LogP contribution in [0.2, 0.25) is 0 Å². The normalized spacial score (nSPS) is 14.1. The van der Waals surface area contributed by atoms with Crippen molar-refractivity contribution in [1.82, 2.24) is 9.13 Å². The molecular weight excluding hydrogens is 1070 g/mol. The van der Waals surface area contributed by atoms with Gasteiger partial charge in [0.25, 0.3) is 13.4 Å². The zero-order valence-electron chi connectivity index (χ0n) is 47.9. The summed E-state index contributed by atoms with van der Waals surface area (Å²) in [7, 11) is 0. The van der Waals surface area contributed by atoms with Crippen molar-refractivity contribution < 1.29 is 4.42 Å². The van der Waals surface area contributed by atoms with Crippen LogP contribution in [-0.2, 0) is 0 Å². The highest BCUT2D eigenvalue weighted by molar-refractivity contribution is 7.05. The van der Waals surface area contributed by atoms with Gasteiger partial charge in [-0.2, -0.15) is 0 Å². The molecule has 88 heavy (non-hydrogen) atoms. The number of nitrogens with zero attached hydrogens (tertiary/aromatic N) is 6. The molecule has 15 aromatic rings. The second-order valence-electron chi connectivity index (χ2n) is 23.9. The number of aromatic nitrogens is 2. The summed E-state index contributed by atoms with van der Waals surface area (Å²) in [6, 6.07) is 92.6. The molecule has 5 aliphatic heterocycles.